The van der Waals surface area contributed by atoms with Crippen LogP contribution in [0.15, 0.2) is 328 Å². The number of alkyl halides is 1. The zero-order valence-electron chi connectivity index (χ0n) is 73.8. The van der Waals surface area contributed by atoms with E-state index in [-0.39, 0.29) is 21.7 Å². The first kappa shape index (κ1) is 82.0. The molecule has 0 unspecified atom stereocenters. The van der Waals surface area contributed by atoms with Crippen LogP contribution in [0.5, 0.6) is 0 Å². The molecule has 2 N–H and O–H groups in total. The Morgan fingerprint density at radius 1 is 0.256 bits per heavy atom. The van der Waals surface area contributed by atoms with E-state index in [0.717, 1.165) is 80.0 Å². The van der Waals surface area contributed by atoms with E-state index in [1.807, 2.05) is 78.9 Å². The van der Waals surface area contributed by atoms with Crippen molar-refractivity contribution in [2.45, 2.75) is 120 Å². The summed E-state index contributed by atoms with van der Waals surface area (Å²) >= 11 is 2.96. The summed E-state index contributed by atoms with van der Waals surface area (Å²) in [7, 11) is -1.39. The first-order valence-electron chi connectivity index (χ1n) is 46.4. The molecular formula is C118H102BI2N6O2-. The molecule has 0 amide bonds. The second-order valence-electron chi connectivity index (χ2n) is 39.3. The first-order chi connectivity index (χ1) is 63.0. The molecular weight excluding hydrogens is 1800 g/mol. The quantitative estimate of drug-likeness (QED) is 0.0790. The minimum atomic E-state index is -1.39. The van der Waals surface area contributed by atoms with Crippen LogP contribution in [-0.2, 0) is 21.7 Å². The summed E-state index contributed by atoms with van der Waals surface area (Å²) in [5.41, 5.74) is 37.4. The van der Waals surface area contributed by atoms with E-state index in [4.69, 9.17) is 29.9 Å². The summed E-state index contributed by atoms with van der Waals surface area (Å²) in [6.45, 7) is 11.5. The van der Waals surface area contributed by atoms with Gasteiger partial charge < -0.3 is 10.0 Å². The van der Waals surface area contributed by atoms with E-state index in [0.29, 0.717) is 69.5 Å². The van der Waals surface area contributed by atoms with Gasteiger partial charge in [-0.2, -0.15) is 0 Å². The fourth-order valence-electron chi connectivity index (χ4n) is 26.5. The zero-order chi connectivity index (χ0) is 87.2. The Labute approximate surface area is 778 Å². The molecule has 0 saturated heterocycles. The van der Waals surface area contributed by atoms with E-state index in [9.17, 15) is 10.0 Å². The number of halogens is 2. The maximum absolute atomic E-state index is 9.77. The third-order valence-corrected chi connectivity index (χ3v) is 31.5. The van der Waals surface area contributed by atoms with Gasteiger partial charge in [0.05, 0.1) is 0 Å². The standard InChI is InChI=1S/C58H47N3.C37H29N3.C22H23BO2.CH3I2/c1-57(2)50-19-11-9-17-46(50)48-23-21-39(33-52(48)57)41-30-42(32-43(31-41)56-60-54(37-13-5-3-6-14-37)59-55(61-56)38-15-7-4-8-16-38)40-22-24-49-47-18-10-12-20-51(47)58(53(49)34-40)44-26-35-25-36(28-44)29-45(58)27-35;1-24-20-28(27-18-19-31-30-16-10-11-17-32(30)37(2,3)33(31)23-27)22-29(21-24)36-39-34(25-12-6-4-7-13-25)38-35(40-36)26-14-8-5-9-15-26;24-23(25)17-5-6-19-18-3-1-2-4-20(18)22(21(19)12-17)15-8-13-7-14(10-15)11-16(22)9-13;1-3-2/h3-24,30-36,44-45H,25-29H2,1-2H3;4-23H,1-3H3;1-6,12-16,24-25H,7-11H2;1H3/q;;;-1. The van der Waals surface area contributed by atoms with E-state index >= 15 is 0 Å². The van der Waals surface area contributed by atoms with E-state index in [1.165, 1.54) is 170 Å². The molecule has 12 aliphatic rings. The molecule has 2 spiro atoms. The SMILES string of the molecule is CC1(C)c2ccccc2-c2ccc(-c3cc(-c4ccc5c(c4)C4(c6ccccc6-5)C5CC6CC(C5)CC4C6)cc(-c4nc(-c5ccccc5)nc(-c5ccccc5)n4)c3)cc21.C[I-]I.Cc1cc(-c2ccc3c(c2)C(C)(C)c2ccccc2-3)cc(-c2nc(-c3ccccc3)nc(-c3ccccc3)n2)c1.OB(O)c1ccc2c(c1)C1(c3ccccc3-2)C2CC3CC(C2)CC1C3. The molecule has 12 aliphatic carbocycles. The largest absolute Gasteiger partial charge is 0.488 e. The second-order valence-corrected chi connectivity index (χ2v) is 45.6. The minimum Gasteiger partial charge on any atom is -0.423 e. The number of aromatic nitrogens is 6. The van der Waals surface area contributed by atoms with Gasteiger partial charge in [-0.1, -0.05) is 307 Å². The molecule has 2 aromatic heterocycles. The van der Waals surface area contributed by atoms with Gasteiger partial charge in [0, 0.05) is 55.0 Å². The molecule has 0 atom stereocenters. The fraction of sp³-hybridized carbons (Fsp3) is 0.237. The summed E-state index contributed by atoms with van der Waals surface area (Å²) in [5, 5.41) is 19.5. The van der Waals surface area contributed by atoms with Gasteiger partial charge in [-0.15, -0.1) is 0 Å². The monoisotopic (exact) mass is 1900 g/mol. The molecule has 634 valence electrons. The van der Waals surface area contributed by atoms with Gasteiger partial charge in [0.2, 0.25) is 0 Å². The van der Waals surface area contributed by atoms with Crippen molar-refractivity contribution in [2.24, 2.45) is 47.3 Å². The third-order valence-electron chi connectivity index (χ3n) is 31.5. The first-order valence-corrected chi connectivity index (χ1v) is 54.9. The minimum absolute atomic E-state index is 0.0437. The average molecular weight is 1900 g/mol. The maximum atomic E-state index is 9.77. The van der Waals surface area contributed by atoms with Crippen LogP contribution in [-0.4, -0.2) is 52.0 Å². The van der Waals surface area contributed by atoms with Crippen LogP contribution in [0.4, 0.5) is 0 Å². The van der Waals surface area contributed by atoms with Gasteiger partial charge in [0.15, 0.2) is 34.9 Å². The number of nitrogens with zero attached hydrogens (tertiary/aromatic N) is 6. The van der Waals surface area contributed by atoms with Crippen molar-refractivity contribution in [1.29, 1.82) is 0 Å². The van der Waals surface area contributed by atoms with Crippen LogP contribution in [0.25, 0.3) is 146 Å². The zero-order valence-corrected chi connectivity index (χ0v) is 78.1. The van der Waals surface area contributed by atoms with E-state index in [2.05, 4.69) is 307 Å². The van der Waals surface area contributed by atoms with Gasteiger partial charge >= 0.3 is 47.9 Å². The number of hydrogen-bond acceptors (Lipinski definition) is 8. The van der Waals surface area contributed by atoms with Crippen LogP contribution in [0.3, 0.4) is 0 Å². The predicted molar refractivity (Wildman–Crippen MR) is 531 cm³/mol. The van der Waals surface area contributed by atoms with Crippen molar-refractivity contribution >= 4 is 31.2 Å². The Kier molecular flexibility index (Phi) is 20.7. The van der Waals surface area contributed by atoms with Crippen molar-refractivity contribution < 1.29 is 27.3 Å². The van der Waals surface area contributed by atoms with Crippen molar-refractivity contribution in [2.75, 3.05) is 4.93 Å². The Morgan fingerprint density at radius 3 is 0.853 bits per heavy atom. The number of benzene rings is 14. The normalized spacial score (nSPS) is 22.2. The summed E-state index contributed by atoms with van der Waals surface area (Å²) in [5.74, 6) is 10.6. The smallest absolute Gasteiger partial charge is 0.423 e. The van der Waals surface area contributed by atoms with E-state index < -0.39 is 7.12 Å². The van der Waals surface area contributed by atoms with Crippen LogP contribution in [0.1, 0.15) is 142 Å². The van der Waals surface area contributed by atoms with Gasteiger partial charge in [0.25, 0.3) is 0 Å². The summed E-state index contributed by atoms with van der Waals surface area (Å²) < 4.78 is 0. The van der Waals surface area contributed by atoms with Crippen LogP contribution >= 0.6 is 18.6 Å². The van der Waals surface area contributed by atoms with Gasteiger partial charge in [-0.05, 0) is 300 Å². The van der Waals surface area contributed by atoms with Crippen molar-refractivity contribution in [3.05, 3.63) is 378 Å². The maximum Gasteiger partial charge on any atom is 0.488 e. The molecule has 8 bridgehead atoms. The number of fused-ring (bicyclic) bond motifs is 12. The summed E-state index contributed by atoms with van der Waals surface area (Å²) in [6, 6.07) is 118. The number of rotatable bonds is 10. The Hall–Kier alpha value is -11.5. The summed E-state index contributed by atoms with van der Waals surface area (Å²) in [6.07, 6.45) is 13.8. The van der Waals surface area contributed by atoms with Crippen LogP contribution < -0.4 is 22.7 Å². The molecule has 2 heterocycles. The Bertz CT molecular complexity index is 6920. The molecule has 28 rings (SSSR count). The van der Waals surface area contributed by atoms with Crippen molar-refractivity contribution in [3.63, 3.8) is 0 Å². The van der Waals surface area contributed by atoms with Crippen molar-refractivity contribution in [1.82, 2.24) is 29.9 Å². The van der Waals surface area contributed by atoms with Gasteiger partial charge in [0.1, 0.15) is 0 Å². The Balaban J connectivity index is 0.000000119. The molecule has 14 aromatic carbocycles. The van der Waals surface area contributed by atoms with Gasteiger partial charge in [-0.3, -0.25) is 0 Å². The molecule has 0 aliphatic heterocycles. The van der Waals surface area contributed by atoms with Gasteiger partial charge in [-0.25, -0.2) is 29.9 Å². The number of aryl methyl sites for hydroxylation is 1. The molecule has 16 aromatic rings. The fourth-order valence-corrected chi connectivity index (χ4v) is 26.5. The molecule has 8 fully saturated rings. The second kappa shape index (κ2) is 32.6. The molecule has 8 saturated carbocycles. The summed E-state index contributed by atoms with van der Waals surface area (Å²) in [4.78, 5) is 32.6. The van der Waals surface area contributed by atoms with Crippen LogP contribution in [0, 0.1) is 54.3 Å². The topological polar surface area (TPSA) is 118 Å². The third kappa shape index (κ3) is 13.8. The Morgan fingerprint density at radius 2 is 0.504 bits per heavy atom. The molecule has 0 radical (unpaired) electrons. The van der Waals surface area contributed by atoms with Crippen LogP contribution in [0.2, 0.25) is 0 Å². The number of hydrogen-bond donors (Lipinski definition) is 2. The molecule has 8 nitrogen and oxygen atoms in total. The van der Waals surface area contributed by atoms with Crippen molar-refractivity contribution in [3.8, 4) is 146 Å². The molecule has 129 heavy (non-hydrogen) atoms. The predicted octanol–water partition coefficient (Wildman–Crippen LogP) is 24.5. The van der Waals surface area contributed by atoms with E-state index in [1.54, 1.807) is 11.1 Å². The molecule has 11 heteroatoms. The average Bonchev–Trinajstić information content (AvgIpc) is 1.54.